The number of benzene rings is 1. The van der Waals surface area contributed by atoms with Gasteiger partial charge in [-0.1, -0.05) is 0 Å². The zero-order valence-electron chi connectivity index (χ0n) is 12.7. The first kappa shape index (κ1) is 16.3. The molecule has 2 rings (SSSR count). The van der Waals surface area contributed by atoms with Crippen LogP contribution >= 0.6 is 0 Å². The summed E-state index contributed by atoms with van der Waals surface area (Å²) < 4.78 is 15.4. The molecule has 0 aliphatic heterocycles. The van der Waals surface area contributed by atoms with E-state index in [4.69, 9.17) is 13.9 Å². The highest BCUT2D eigenvalue weighted by Crippen LogP contribution is 2.30. The number of methoxy groups -OCH3 is 1. The molecule has 0 atom stereocenters. The van der Waals surface area contributed by atoms with Gasteiger partial charge in [-0.3, -0.25) is 14.9 Å². The molecule has 0 radical (unpaired) electrons. The Morgan fingerprint density at radius 3 is 2.78 bits per heavy atom. The first-order chi connectivity index (χ1) is 11.0. The molecule has 1 aromatic carbocycles. The zero-order chi connectivity index (χ0) is 16.8. The quantitative estimate of drug-likeness (QED) is 0.573. The van der Waals surface area contributed by atoms with Crippen molar-refractivity contribution in [3.8, 4) is 11.5 Å². The van der Waals surface area contributed by atoms with E-state index in [9.17, 15) is 14.9 Å². The average molecular weight is 320 g/mol. The lowest BCUT2D eigenvalue weighted by Crippen LogP contribution is -2.30. The number of nitro benzene ring substituents is 1. The lowest BCUT2D eigenvalue weighted by Gasteiger charge is -2.16. The van der Waals surface area contributed by atoms with Crippen molar-refractivity contribution in [2.75, 3.05) is 20.8 Å². The number of amides is 1. The fourth-order valence-electron chi connectivity index (χ4n) is 1.86. The number of ether oxygens (including phenoxy) is 2. The first-order valence-electron chi connectivity index (χ1n) is 6.73. The fraction of sp³-hybridized carbons (Fsp3) is 0.267. The lowest BCUT2D eigenvalue weighted by atomic mass is 10.3. The Bertz CT molecular complexity index is 683. The lowest BCUT2D eigenvalue weighted by molar-refractivity contribution is -0.385. The van der Waals surface area contributed by atoms with E-state index < -0.39 is 4.92 Å². The molecular formula is C15H16N2O6. The maximum absolute atomic E-state index is 12.0. The van der Waals surface area contributed by atoms with Crippen molar-refractivity contribution >= 4 is 11.6 Å². The van der Waals surface area contributed by atoms with Crippen LogP contribution in [0.15, 0.2) is 41.0 Å². The molecule has 122 valence electrons. The van der Waals surface area contributed by atoms with E-state index in [2.05, 4.69) is 0 Å². The number of hydrogen-bond acceptors (Lipinski definition) is 6. The maximum atomic E-state index is 12.0. The Hall–Kier alpha value is -3.03. The van der Waals surface area contributed by atoms with Crippen molar-refractivity contribution in [3.05, 3.63) is 52.5 Å². The highest BCUT2D eigenvalue weighted by atomic mass is 16.6. The monoisotopic (exact) mass is 320 g/mol. The van der Waals surface area contributed by atoms with Crippen LogP contribution in [0.25, 0.3) is 0 Å². The number of likely N-dealkylation sites (N-methyl/N-ethyl adjacent to an activating group) is 1. The van der Waals surface area contributed by atoms with Gasteiger partial charge >= 0.3 is 5.69 Å². The number of nitro groups is 1. The minimum absolute atomic E-state index is 0.00977. The molecule has 0 unspecified atom stereocenters. The summed E-state index contributed by atoms with van der Waals surface area (Å²) in [7, 11) is 3.00. The molecule has 0 saturated carbocycles. The van der Waals surface area contributed by atoms with Crippen LogP contribution in [0.2, 0.25) is 0 Å². The minimum atomic E-state index is -0.588. The molecule has 1 aromatic heterocycles. The summed E-state index contributed by atoms with van der Waals surface area (Å²) in [6.45, 7) is -0.0235. The fourth-order valence-corrected chi connectivity index (χ4v) is 1.86. The van der Waals surface area contributed by atoms with E-state index in [1.165, 1.54) is 36.5 Å². The van der Waals surface area contributed by atoms with Gasteiger partial charge in [0, 0.05) is 7.05 Å². The minimum Gasteiger partial charge on any atom is -0.496 e. The van der Waals surface area contributed by atoms with Crippen LogP contribution in [0, 0.1) is 10.1 Å². The molecule has 0 bridgehead atoms. The van der Waals surface area contributed by atoms with Crippen LogP contribution < -0.4 is 9.47 Å². The van der Waals surface area contributed by atoms with Crippen LogP contribution in [-0.2, 0) is 11.3 Å². The first-order valence-corrected chi connectivity index (χ1v) is 6.73. The highest BCUT2D eigenvalue weighted by Gasteiger charge is 2.19. The average Bonchev–Trinajstić information content (AvgIpc) is 3.05. The molecule has 1 amide bonds. The Morgan fingerprint density at radius 2 is 2.17 bits per heavy atom. The molecule has 0 aliphatic rings. The van der Waals surface area contributed by atoms with Crippen molar-refractivity contribution in [3.63, 3.8) is 0 Å². The smallest absolute Gasteiger partial charge is 0.314 e. The Kier molecular flexibility index (Phi) is 5.19. The van der Waals surface area contributed by atoms with Gasteiger partial charge in [-0.05, 0) is 24.3 Å². The molecule has 1 heterocycles. The van der Waals surface area contributed by atoms with E-state index in [1.807, 2.05) is 0 Å². The molecule has 2 aromatic rings. The second kappa shape index (κ2) is 7.30. The van der Waals surface area contributed by atoms with E-state index >= 15 is 0 Å². The number of nitrogens with zero attached hydrogens (tertiary/aromatic N) is 2. The van der Waals surface area contributed by atoms with Crippen LogP contribution in [0.4, 0.5) is 5.69 Å². The van der Waals surface area contributed by atoms with Gasteiger partial charge in [0.25, 0.3) is 5.91 Å². The van der Waals surface area contributed by atoms with Gasteiger partial charge in [0.15, 0.2) is 12.4 Å². The van der Waals surface area contributed by atoms with Gasteiger partial charge in [-0.15, -0.1) is 0 Å². The van der Waals surface area contributed by atoms with E-state index in [1.54, 1.807) is 19.2 Å². The molecule has 0 aliphatic carbocycles. The zero-order valence-corrected chi connectivity index (χ0v) is 12.7. The Morgan fingerprint density at radius 1 is 1.39 bits per heavy atom. The summed E-state index contributed by atoms with van der Waals surface area (Å²) in [6, 6.07) is 7.65. The maximum Gasteiger partial charge on any atom is 0.314 e. The van der Waals surface area contributed by atoms with E-state index in [0.717, 1.165) is 0 Å². The van der Waals surface area contributed by atoms with Crippen LogP contribution in [-0.4, -0.2) is 36.5 Å². The molecular weight excluding hydrogens is 304 g/mol. The Balaban J connectivity index is 1.99. The second-order valence-electron chi connectivity index (χ2n) is 4.71. The summed E-state index contributed by atoms with van der Waals surface area (Å²) in [4.78, 5) is 23.9. The third-order valence-corrected chi connectivity index (χ3v) is 3.11. The van der Waals surface area contributed by atoms with E-state index in [0.29, 0.717) is 18.1 Å². The molecule has 8 heteroatoms. The van der Waals surface area contributed by atoms with Crippen LogP contribution in [0.5, 0.6) is 11.5 Å². The summed E-state index contributed by atoms with van der Waals surface area (Å²) in [5.41, 5.74) is -0.258. The molecule has 0 saturated heterocycles. The molecule has 0 fully saturated rings. The number of carbonyl (C=O) groups is 1. The van der Waals surface area contributed by atoms with Crippen molar-refractivity contribution in [2.24, 2.45) is 0 Å². The van der Waals surface area contributed by atoms with Crippen molar-refractivity contribution in [1.82, 2.24) is 4.90 Å². The summed E-state index contributed by atoms with van der Waals surface area (Å²) in [5, 5.41) is 11.0. The number of furan rings is 1. The predicted octanol–water partition coefficient (Wildman–Crippen LogP) is 2.23. The number of rotatable bonds is 7. The van der Waals surface area contributed by atoms with E-state index in [-0.39, 0.29) is 24.0 Å². The van der Waals surface area contributed by atoms with Crippen LogP contribution in [0.1, 0.15) is 5.76 Å². The topological polar surface area (TPSA) is 95.1 Å². The SMILES string of the molecule is COc1ccc(OCC(=O)N(C)Cc2ccco2)c([N+](=O)[O-])c1. The standard InChI is InChI=1S/C15H16N2O6/c1-16(9-12-4-3-7-22-12)15(18)10-23-14-6-5-11(21-2)8-13(14)17(19)20/h3-8H,9-10H2,1-2H3. The Labute approximate surface area is 132 Å². The highest BCUT2D eigenvalue weighted by molar-refractivity contribution is 5.77. The van der Waals surface area contributed by atoms with Crippen molar-refractivity contribution in [2.45, 2.75) is 6.54 Å². The number of hydrogen-bond donors (Lipinski definition) is 0. The van der Waals surface area contributed by atoms with Crippen molar-refractivity contribution < 1.29 is 23.6 Å². The molecule has 23 heavy (non-hydrogen) atoms. The third-order valence-electron chi connectivity index (χ3n) is 3.11. The number of carbonyl (C=O) groups excluding carboxylic acids is 1. The van der Waals surface area contributed by atoms with Crippen molar-refractivity contribution in [1.29, 1.82) is 0 Å². The van der Waals surface area contributed by atoms with Gasteiger partial charge in [0.05, 0.1) is 30.9 Å². The normalized spacial score (nSPS) is 10.2. The third kappa shape index (κ3) is 4.22. The molecule has 0 N–H and O–H groups in total. The molecule has 8 nitrogen and oxygen atoms in total. The van der Waals surface area contributed by atoms with Crippen LogP contribution in [0.3, 0.4) is 0 Å². The van der Waals surface area contributed by atoms with Gasteiger partial charge in [-0.2, -0.15) is 0 Å². The summed E-state index contributed by atoms with van der Waals surface area (Å²) >= 11 is 0. The summed E-state index contributed by atoms with van der Waals surface area (Å²) in [6.07, 6.45) is 1.52. The van der Waals surface area contributed by atoms with Gasteiger partial charge < -0.3 is 18.8 Å². The summed E-state index contributed by atoms with van der Waals surface area (Å²) in [5.74, 6) is 0.656. The predicted molar refractivity (Wildman–Crippen MR) is 80.3 cm³/mol. The van der Waals surface area contributed by atoms with Gasteiger partial charge in [0.1, 0.15) is 11.5 Å². The second-order valence-corrected chi connectivity index (χ2v) is 4.71. The largest absolute Gasteiger partial charge is 0.496 e. The van der Waals surface area contributed by atoms with Gasteiger partial charge in [-0.25, -0.2) is 0 Å². The van der Waals surface area contributed by atoms with Gasteiger partial charge in [0.2, 0.25) is 0 Å². The molecule has 0 spiro atoms.